The second kappa shape index (κ2) is 7.67. The van der Waals surface area contributed by atoms with Crippen molar-refractivity contribution in [3.63, 3.8) is 0 Å². The number of benzene rings is 1. The predicted octanol–water partition coefficient (Wildman–Crippen LogP) is 2.15. The highest BCUT2D eigenvalue weighted by atomic mass is 35.5. The first-order chi connectivity index (χ1) is 11.8. The van der Waals surface area contributed by atoms with E-state index in [0.717, 1.165) is 4.90 Å². The van der Waals surface area contributed by atoms with Gasteiger partial charge in [0.2, 0.25) is 5.91 Å². The van der Waals surface area contributed by atoms with Crippen LogP contribution in [0.3, 0.4) is 0 Å². The van der Waals surface area contributed by atoms with Crippen LogP contribution in [-0.4, -0.2) is 46.6 Å². The van der Waals surface area contributed by atoms with E-state index in [1.165, 1.54) is 6.08 Å². The second-order valence-corrected chi connectivity index (χ2v) is 6.18. The summed E-state index contributed by atoms with van der Waals surface area (Å²) in [6.45, 7) is 4.44. The molecular formula is C16H15Cl2N3O4. The summed E-state index contributed by atoms with van der Waals surface area (Å²) in [5.41, 5.74) is 0.628. The summed E-state index contributed by atoms with van der Waals surface area (Å²) in [6, 6.07) is 3.51. The summed E-state index contributed by atoms with van der Waals surface area (Å²) < 4.78 is 0. The number of carbonyl (C=O) groups excluding carboxylic acids is 4. The van der Waals surface area contributed by atoms with Gasteiger partial charge in [-0.15, -0.1) is 6.58 Å². The minimum atomic E-state index is -1.04. The van der Waals surface area contributed by atoms with Gasteiger partial charge in [-0.1, -0.05) is 35.3 Å². The highest BCUT2D eigenvalue weighted by Crippen LogP contribution is 2.26. The van der Waals surface area contributed by atoms with Crippen LogP contribution in [-0.2, 0) is 14.4 Å². The third kappa shape index (κ3) is 4.00. The van der Waals surface area contributed by atoms with Crippen molar-refractivity contribution in [3.05, 3.63) is 46.5 Å². The fourth-order valence-electron chi connectivity index (χ4n) is 2.34. The van der Waals surface area contributed by atoms with Crippen molar-refractivity contribution >= 4 is 47.0 Å². The highest BCUT2D eigenvalue weighted by Gasteiger charge is 2.44. The Morgan fingerprint density at radius 2 is 1.88 bits per heavy atom. The van der Waals surface area contributed by atoms with Crippen molar-refractivity contribution in [2.45, 2.75) is 13.0 Å². The van der Waals surface area contributed by atoms with E-state index in [-0.39, 0.29) is 6.54 Å². The van der Waals surface area contributed by atoms with Crippen LogP contribution in [0.25, 0.3) is 0 Å². The minimum Gasteiger partial charge on any atom is -0.348 e. The largest absolute Gasteiger partial charge is 0.348 e. The number of nitrogens with zero attached hydrogens (tertiary/aromatic N) is 2. The average molecular weight is 384 g/mol. The molecule has 7 nitrogen and oxygen atoms in total. The van der Waals surface area contributed by atoms with Crippen molar-refractivity contribution in [3.8, 4) is 0 Å². The molecule has 1 aliphatic heterocycles. The van der Waals surface area contributed by atoms with Crippen molar-refractivity contribution < 1.29 is 19.2 Å². The summed E-state index contributed by atoms with van der Waals surface area (Å²) in [7, 11) is 0. The molecule has 2 rings (SSSR count). The molecule has 1 heterocycles. The lowest BCUT2D eigenvalue weighted by Gasteiger charge is -2.18. The summed E-state index contributed by atoms with van der Waals surface area (Å²) in [5, 5.41) is 3.46. The van der Waals surface area contributed by atoms with Gasteiger partial charge in [0, 0.05) is 16.6 Å². The molecule has 25 heavy (non-hydrogen) atoms. The first-order valence-electron chi connectivity index (χ1n) is 7.28. The first-order valence-corrected chi connectivity index (χ1v) is 8.04. The molecule has 1 saturated heterocycles. The van der Waals surface area contributed by atoms with E-state index in [1.807, 2.05) is 0 Å². The van der Waals surface area contributed by atoms with Crippen LogP contribution >= 0.6 is 23.2 Å². The van der Waals surface area contributed by atoms with Crippen LogP contribution in [0.2, 0.25) is 10.0 Å². The molecule has 0 bridgehead atoms. The topological polar surface area (TPSA) is 86.8 Å². The Hall–Kier alpha value is -2.38. The fraction of sp³-hybridized carbons (Fsp3) is 0.250. The summed E-state index contributed by atoms with van der Waals surface area (Å²) >= 11 is 11.9. The van der Waals surface area contributed by atoms with Crippen LogP contribution in [0.5, 0.6) is 0 Å². The quantitative estimate of drug-likeness (QED) is 0.463. The molecule has 1 aromatic carbocycles. The molecule has 0 aliphatic carbocycles. The van der Waals surface area contributed by atoms with Gasteiger partial charge < -0.3 is 5.32 Å². The molecular weight excluding hydrogens is 369 g/mol. The molecule has 5 amide bonds. The number of halogens is 2. The second-order valence-electron chi connectivity index (χ2n) is 5.33. The molecule has 1 fully saturated rings. The number of nitrogens with one attached hydrogen (secondary N) is 1. The molecule has 0 radical (unpaired) electrons. The van der Waals surface area contributed by atoms with Crippen molar-refractivity contribution in [2.24, 2.45) is 0 Å². The normalized spacial score (nSPS) is 15.6. The number of carbonyl (C=O) groups is 4. The fourth-order valence-corrected chi connectivity index (χ4v) is 2.91. The number of rotatable bonds is 6. The minimum absolute atomic E-state index is 0.0989. The summed E-state index contributed by atoms with van der Waals surface area (Å²) in [5.74, 6) is -2.63. The van der Waals surface area contributed by atoms with Crippen molar-refractivity contribution in [2.75, 3.05) is 13.1 Å². The van der Waals surface area contributed by atoms with E-state index in [0.29, 0.717) is 20.5 Å². The maximum Gasteiger partial charge on any atom is 0.335 e. The standard InChI is InChI=1S/C16H15Cl2N3O4/c1-3-6-20-14(23)15(24)21(16(20)25)8-13(22)19-9(2)11-5-4-10(17)7-12(11)18/h3-5,7,9H,1,6,8H2,2H3,(H,19,22)/t9-/m0/s1. The molecule has 1 N–H and O–H groups in total. The van der Waals surface area contributed by atoms with Crippen LogP contribution in [0.15, 0.2) is 30.9 Å². The summed E-state index contributed by atoms with van der Waals surface area (Å²) in [6.07, 6.45) is 1.32. The van der Waals surface area contributed by atoms with E-state index in [1.54, 1.807) is 25.1 Å². The van der Waals surface area contributed by atoms with Gasteiger partial charge in [0.25, 0.3) is 0 Å². The lowest BCUT2D eigenvalue weighted by molar-refractivity contribution is -0.143. The number of urea groups is 1. The monoisotopic (exact) mass is 383 g/mol. The third-order valence-electron chi connectivity index (χ3n) is 3.55. The Kier molecular flexibility index (Phi) is 5.81. The van der Waals surface area contributed by atoms with Gasteiger partial charge in [-0.25, -0.2) is 9.69 Å². The Balaban J connectivity index is 2.04. The maximum absolute atomic E-state index is 12.1. The van der Waals surface area contributed by atoms with E-state index in [4.69, 9.17) is 23.2 Å². The molecule has 0 unspecified atom stereocenters. The molecule has 1 atom stereocenters. The van der Waals surface area contributed by atoms with Gasteiger partial charge in [-0.3, -0.25) is 19.3 Å². The number of imide groups is 2. The average Bonchev–Trinajstić information content (AvgIpc) is 2.73. The zero-order chi connectivity index (χ0) is 18.7. The predicted molar refractivity (Wildman–Crippen MR) is 92.0 cm³/mol. The van der Waals surface area contributed by atoms with E-state index >= 15 is 0 Å². The van der Waals surface area contributed by atoms with Gasteiger partial charge in [-0.05, 0) is 24.6 Å². The molecule has 1 aromatic rings. The Labute approximate surface area is 154 Å². The third-order valence-corrected chi connectivity index (χ3v) is 4.12. The Bertz CT molecular complexity index is 766. The number of amides is 5. The molecule has 0 saturated carbocycles. The van der Waals surface area contributed by atoms with E-state index in [2.05, 4.69) is 11.9 Å². The number of hydrogen-bond acceptors (Lipinski definition) is 4. The highest BCUT2D eigenvalue weighted by molar-refractivity contribution is 6.45. The molecule has 0 spiro atoms. The zero-order valence-electron chi connectivity index (χ0n) is 13.3. The summed E-state index contributed by atoms with van der Waals surface area (Å²) in [4.78, 5) is 49.1. The number of hydrogen-bond donors (Lipinski definition) is 1. The molecule has 132 valence electrons. The lowest BCUT2D eigenvalue weighted by Crippen LogP contribution is -2.42. The van der Waals surface area contributed by atoms with Gasteiger partial charge in [0.05, 0.1) is 6.04 Å². The molecule has 0 aromatic heterocycles. The van der Waals surface area contributed by atoms with Crippen molar-refractivity contribution in [1.29, 1.82) is 0 Å². The Morgan fingerprint density at radius 1 is 1.24 bits per heavy atom. The van der Waals surface area contributed by atoms with E-state index < -0.39 is 36.3 Å². The Morgan fingerprint density at radius 3 is 2.48 bits per heavy atom. The smallest absolute Gasteiger partial charge is 0.335 e. The van der Waals surface area contributed by atoms with Crippen LogP contribution < -0.4 is 5.32 Å². The molecule has 1 aliphatic rings. The van der Waals surface area contributed by atoms with Crippen LogP contribution in [0.1, 0.15) is 18.5 Å². The van der Waals surface area contributed by atoms with Gasteiger partial charge in [0.15, 0.2) is 0 Å². The van der Waals surface area contributed by atoms with Gasteiger partial charge in [0.1, 0.15) is 6.54 Å². The molecule has 9 heteroatoms. The SMILES string of the molecule is C=CCN1C(=O)C(=O)N(CC(=O)N[C@@H](C)c2ccc(Cl)cc2Cl)C1=O. The van der Waals surface area contributed by atoms with E-state index in [9.17, 15) is 19.2 Å². The lowest BCUT2D eigenvalue weighted by atomic mass is 10.1. The van der Waals surface area contributed by atoms with Gasteiger partial charge in [-0.2, -0.15) is 0 Å². The van der Waals surface area contributed by atoms with Crippen LogP contribution in [0.4, 0.5) is 4.79 Å². The van der Waals surface area contributed by atoms with Crippen molar-refractivity contribution in [1.82, 2.24) is 15.1 Å². The first kappa shape index (κ1) is 19.0. The zero-order valence-corrected chi connectivity index (χ0v) is 14.8. The maximum atomic E-state index is 12.1. The van der Waals surface area contributed by atoms with Gasteiger partial charge >= 0.3 is 17.8 Å². The van der Waals surface area contributed by atoms with Crippen LogP contribution in [0, 0.1) is 0 Å².